The van der Waals surface area contributed by atoms with Gasteiger partial charge in [-0.1, -0.05) is 5.11 Å². The van der Waals surface area contributed by atoms with Crippen LogP contribution in [0.4, 0.5) is 0 Å². The third-order valence-corrected chi connectivity index (χ3v) is 3.94. The van der Waals surface area contributed by atoms with Crippen molar-refractivity contribution in [1.29, 1.82) is 0 Å². The van der Waals surface area contributed by atoms with Gasteiger partial charge < -0.3 is 18.9 Å². The molecule has 10 nitrogen and oxygen atoms in total. The van der Waals surface area contributed by atoms with Crippen LogP contribution < -0.4 is 0 Å². The molecular formula is C13H19N3O7S. The summed E-state index contributed by atoms with van der Waals surface area (Å²) in [6, 6.07) is -0.910. The normalized spacial score (nSPS) is 29.1. The first-order valence-electron chi connectivity index (χ1n) is 7.00. The number of hydrogen-bond donors (Lipinski definition) is 0. The number of carbonyl (C=O) groups excluding carboxylic acids is 3. The van der Waals surface area contributed by atoms with Crippen LogP contribution in [0.2, 0.25) is 0 Å². The van der Waals surface area contributed by atoms with Crippen LogP contribution >= 0.6 is 11.8 Å². The van der Waals surface area contributed by atoms with Crippen LogP contribution in [0.15, 0.2) is 5.11 Å². The third kappa shape index (κ3) is 5.59. The molecule has 0 spiro atoms. The molecule has 5 atom stereocenters. The number of esters is 3. The molecule has 0 aromatic carbocycles. The molecule has 1 aliphatic heterocycles. The average molecular weight is 361 g/mol. The summed E-state index contributed by atoms with van der Waals surface area (Å²) < 4.78 is 21.1. The van der Waals surface area contributed by atoms with E-state index in [0.717, 1.165) is 0 Å². The Balaban J connectivity index is 3.18. The summed E-state index contributed by atoms with van der Waals surface area (Å²) in [5.41, 5.74) is 8.10. The van der Waals surface area contributed by atoms with Gasteiger partial charge >= 0.3 is 17.9 Å². The smallest absolute Gasteiger partial charge is 0.303 e. The molecule has 1 saturated heterocycles. The Kier molecular flexibility index (Phi) is 7.83. The van der Waals surface area contributed by atoms with Gasteiger partial charge in [0.05, 0.1) is 0 Å². The van der Waals surface area contributed by atoms with Crippen LogP contribution in [0.25, 0.3) is 10.4 Å². The fraction of sp³-hybridized carbons (Fsp3) is 0.769. The molecule has 1 aliphatic rings. The van der Waals surface area contributed by atoms with E-state index in [9.17, 15) is 14.4 Å². The molecule has 11 heteroatoms. The summed E-state index contributed by atoms with van der Waals surface area (Å²) >= 11 is 1.22. The number of azide groups is 1. The van der Waals surface area contributed by atoms with Crippen molar-refractivity contribution in [3.8, 4) is 0 Å². The van der Waals surface area contributed by atoms with E-state index in [2.05, 4.69) is 10.0 Å². The molecule has 0 bridgehead atoms. The first kappa shape index (κ1) is 20.1. The Hall–Kier alpha value is -1.97. The first-order chi connectivity index (χ1) is 11.3. The predicted molar refractivity (Wildman–Crippen MR) is 82.9 cm³/mol. The standard InChI is InChI=1S/C13H19N3O7S/c1-6(17)20-5-9-11(21-7(2)18)12(22-8(3)19)10(15-16-14)13(23-9)24-4/h9-13H,5H2,1-4H3/t9?,10?,11-,12+,13-/m0/s1. The maximum absolute atomic E-state index is 11.4. The van der Waals surface area contributed by atoms with Gasteiger partial charge in [0.25, 0.3) is 0 Å². The van der Waals surface area contributed by atoms with E-state index in [-0.39, 0.29) is 6.61 Å². The molecule has 1 rings (SSSR count). The maximum atomic E-state index is 11.4. The van der Waals surface area contributed by atoms with Crippen molar-refractivity contribution in [3.63, 3.8) is 0 Å². The second-order valence-electron chi connectivity index (χ2n) is 4.92. The monoisotopic (exact) mass is 361 g/mol. The van der Waals surface area contributed by atoms with E-state index in [0.29, 0.717) is 0 Å². The number of rotatable bonds is 6. The van der Waals surface area contributed by atoms with E-state index in [1.165, 1.54) is 32.5 Å². The van der Waals surface area contributed by atoms with Crippen LogP contribution in [0.5, 0.6) is 0 Å². The zero-order chi connectivity index (χ0) is 18.3. The summed E-state index contributed by atoms with van der Waals surface area (Å²) in [7, 11) is 0. The predicted octanol–water partition coefficient (Wildman–Crippen LogP) is 1.18. The number of nitrogens with zero attached hydrogens (tertiary/aromatic N) is 3. The van der Waals surface area contributed by atoms with E-state index in [1.54, 1.807) is 6.26 Å². The molecule has 0 aliphatic carbocycles. The van der Waals surface area contributed by atoms with Crippen LogP contribution in [-0.2, 0) is 33.3 Å². The van der Waals surface area contributed by atoms with Gasteiger partial charge in [0.2, 0.25) is 0 Å². The van der Waals surface area contributed by atoms with Gasteiger partial charge in [-0.15, -0.1) is 11.8 Å². The molecule has 24 heavy (non-hydrogen) atoms. The Morgan fingerprint density at radius 1 is 1.12 bits per heavy atom. The Labute approximate surface area is 142 Å². The molecule has 134 valence electrons. The molecular weight excluding hydrogens is 342 g/mol. The molecule has 0 saturated carbocycles. The van der Waals surface area contributed by atoms with Gasteiger partial charge in [-0.25, -0.2) is 0 Å². The number of ether oxygens (including phenoxy) is 4. The molecule has 0 N–H and O–H groups in total. The highest BCUT2D eigenvalue weighted by Crippen LogP contribution is 2.33. The quantitative estimate of drug-likeness (QED) is 0.226. The van der Waals surface area contributed by atoms with Crippen molar-refractivity contribution in [1.82, 2.24) is 0 Å². The highest BCUT2D eigenvalue weighted by molar-refractivity contribution is 7.99. The highest BCUT2D eigenvalue weighted by atomic mass is 32.2. The molecule has 1 fully saturated rings. The third-order valence-electron chi connectivity index (χ3n) is 3.09. The van der Waals surface area contributed by atoms with Gasteiger partial charge in [0.15, 0.2) is 12.2 Å². The van der Waals surface area contributed by atoms with Gasteiger partial charge in [0.1, 0.15) is 24.2 Å². The Morgan fingerprint density at radius 3 is 2.17 bits per heavy atom. The lowest BCUT2D eigenvalue weighted by molar-refractivity contribution is -0.208. The van der Waals surface area contributed by atoms with Gasteiger partial charge in [0, 0.05) is 25.7 Å². The Morgan fingerprint density at radius 2 is 1.71 bits per heavy atom. The van der Waals surface area contributed by atoms with E-state index in [4.69, 9.17) is 24.5 Å². The largest absolute Gasteiger partial charge is 0.463 e. The van der Waals surface area contributed by atoms with E-state index in [1.807, 2.05) is 0 Å². The second-order valence-corrected chi connectivity index (χ2v) is 5.86. The van der Waals surface area contributed by atoms with Crippen molar-refractivity contribution >= 4 is 29.7 Å². The summed E-state index contributed by atoms with van der Waals surface area (Å²) in [5.74, 6) is -1.82. The van der Waals surface area contributed by atoms with Crippen molar-refractivity contribution in [2.75, 3.05) is 12.9 Å². The molecule has 0 aromatic heterocycles. The lowest BCUT2D eigenvalue weighted by Gasteiger charge is -2.43. The summed E-state index contributed by atoms with van der Waals surface area (Å²) in [5, 5.41) is 3.62. The van der Waals surface area contributed by atoms with Crippen molar-refractivity contribution in [2.24, 2.45) is 5.11 Å². The SMILES string of the molecule is CS[C@@H]1OC(COC(C)=O)[C@H](OC(C)=O)[C@H](OC(C)=O)C1N=[N+]=[N-]. The van der Waals surface area contributed by atoms with Gasteiger partial charge in [-0.3, -0.25) is 14.4 Å². The van der Waals surface area contributed by atoms with Crippen LogP contribution in [0, 0.1) is 0 Å². The molecule has 2 unspecified atom stereocenters. The summed E-state index contributed by atoms with van der Waals surface area (Å²) in [6.07, 6.45) is -1.30. The van der Waals surface area contributed by atoms with Gasteiger partial charge in [-0.05, 0) is 11.8 Å². The van der Waals surface area contributed by atoms with E-state index >= 15 is 0 Å². The second kappa shape index (κ2) is 9.36. The minimum absolute atomic E-state index is 0.203. The fourth-order valence-corrected chi connectivity index (χ4v) is 3.00. The molecule has 0 amide bonds. The van der Waals surface area contributed by atoms with Crippen LogP contribution in [-0.4, -0.2) is 60.6 Å². The summed E-state index contributed by atoms with van der Waals surface area (Å²) in [4.78, 5) is 36.6. The molecule has 0 aromatic rings. The first-order valence-corrected chi connectivity index (χ1v) is 8.29. The number of thioether (sulfide) groups is 1. The lowest BCUT2D eigenvalue weighted by Crippen LogP contribution is -2.59. The minimum atomic E-state index is -1.08. The lowest BCUT2D eigenvalue weighted by atomic mass is 9.98. The van der Waals surface area contributed by atoms with Crippen molar-refractivity contribution < 1.29 is 33.3 Å². The van der Waals surface area contributed by atoms with Gasteiger partial charge in [-0.2, -0.15) is 0 Å². The van der Waals surface area contributed by atoms with Crippen LogP contribution in [0.3, 0.4) is 0 Å². The fourth-order valence-electron chi connectivity index (χ4n) is 2.26. The van der Waals surface area contributed by atoms with Crippen LogP contribution in [0.1, 0.15) is 20.8 Å². The summed E-state index contributed by atoms with van der Waals surface area (Å²) in [6.45, 7) is 3.38. The molecule has 1 heterocycles. The van der Waals surface area contributed by atoms with Crippen molar-refractivity contribution in [2.45, 2.75) is 50.6 Å². The maximum Gasteiger partial charge on any atom is 0.303 e. The minimum Gasteiger partial charge on any atom is -0.463 e. The molecule has 0 radical (unpaired) electrons. The van der Waals surface area contributed by atoms with E-state index < -0.39 is 47.7 Å². The topological polar surface area (TPSA) is 137 Å². The number of carbonyl (C=O) groups is 3. The zero-order valence-electron chi connectivity index (χ0n) is 13.7. The Bertz CT molecular complexity index is 538. The number of hydrogen-bond acceptors (Lipinski definition) is 9. The van der Waals surface area contributed by atoms with Crippen molar-refractivity contribution in [3.05, 3.63) is 10.4 Å². The highest BCUT2D eigenvalue weighted by Gasteiger charge is 2.49. The average Bonchev–Trinajstić information content (AvgIpc) is 2.48. The zero-order valence-corrected chi connectivity index (χ0v) is 14.5.